The second kappa shape index (κ2) is 7.68. The number of rotatable bonds is 5. The van der Waals surface area contributed by atoms with Gasteiger partial charge in [0.05, 0.1) is 17.6 Å². The van der Waals surface area contributed by atoms with E-state index in [9.17, 15) is 9.90 Å². The van der Waals surface area contributed by atoms with E-state index in [2.05, 4.69) is 26.2 Å². The van der Waals surface area contributed by atoms with Crippen LogP contribution >= 0.6 is 15.9 Å². The molecule has 6 heteroatoms. The van der Waals surface area contributed by atoms with Crippen molar-refractivity contribution < 1.29 is 14.6 Å². The van der Waals surface area contributed by atoms with Gasteiger partial charge in [0.15, 0.2) is 0 Å². The van der Waals surface area contributed by atoms with Gasteiger partial charge in [-0.05, 0) is 31.5 Å². The predicted molar refractivity (Wildman–Crippen MR) is 75.8 cm³/mol. The molecule has 1 rings (SSSR count). The second-order valence-corrected chi connectivity index (χ2v) is 4.25. The first-order valence-electron chi connectivity index (χ1n) is 5.72. The summed E-state index contributed by atoms with van der Waals surface area (Å²) in [4.78, 5) is 11.6. The molecule has 0 atom stereocenters. The number of azo groups is 1. The van der Waals surface area contributed by atoms with Gasteiger partial charge in [-0.2, -0.15) is 5.11 Å². The van der Waals surface area contributed by atoms with Gasteiger partial charge in [0.25, 0.3) is 0 Å². The minimum absolute atomic E-state index is 0.105. The lowest BCUT2D eigenvalue weighted by atomic mass is 10.2. The first-order valence-corrected chi connectivity index (χ1v) is 6.84. The summed E-state index contributed by atoms with van der Waals surface area (Å²) in [5, 5.41) is 17.4. The van der Waals surface area contributed by atoms with Gasteiger partial charge in [0.1, 0.15) is 5.76 Å². The van der Waals surface area contributed by atoms with Crippen LogP contribution in [0.25, 0.3) is 0 Å². The Morgan fingerprint density at radius 1 is 1.47 bits per heavy atom. The minimum Gasteiger partial charge on any atom is -0.509 e. The van der Waals surface area contributed by atoms with Gasteiger partial charge in [-0.3, -0.25) is 0 Å². The lowest BCUT2D eigenvalue weighted by molar-refractivity contribution is -0.138. The molecule has 0 fully saturated rings. The number of aliphatic hydroxyl groups excluding tert-OH is 1. The van der Waals surface area contributed by atoms with E-state index >= 15 is 0 Å². The van der Waals surface area contributed by atoms with Crippen LogP contribution < -0.4 is 0 Å². The first kappa shape index (κ1) is 15.4. The van der Waals surface area contributed by atoms with Crippen LogP contribution in [0.1, 0.15) is 12.5 Å². The van der Waals surface area contributed by atoms with Crippen molar-refractivity contribution in [2.45, 2.75) is 13.8 Å². The quantitative estimate of drug-likeness (QED) is 0.294. The van der Waals surface area contributed by atoms with Crippen LogP contribution in [0, 0.1) is 6.92 Å². The van der Waals surface area contributed by atoms with Crippen molar-refractivity contribution in [2.75, 3.05) is 11.9 Å². The minimum atomic E-state index is -0.698. The third kappa shape index (κ3) is 4.82. The van der Waals surface area contributed by atoms with Crippen molar-refractivity contribution in [2.24, 2.45) is 10.2 Å². The largest absolute Gasteiger partial charge is 0.509 e. The van der Waals surface area contributed by atoms with Gasteiger partial charge in [0.2, 0.25) is 5.70 Å². The molecule has 1 aromatic rings. The van der Waals surface area contributed by atoms with E-state index in [1.54, 1.807) is 13.0 Å². The summed E-state index contributed by atoms with van der Waals surface area (Å²) in [6.07, 6.45) is 0. The molecule has 1 aromatic carbocycles. The predicted octanol–water partition coefficient (Wildman–Crippen LogP) is 3.81. The standard InChI is InChI=1S/C13H15BrN2O3/c1-3-19-13(18)12(11(17)8-14)16-15-10-6-4-5-9(2)7-10/h4-7,17H,3,8H2,1-2H3. The number of carbonyl (C=O) groups excluding carboxylic acids is 1. The highest BCUT2D eigenvalue weighted by atomic mass is 79.9. The molecular formula is C13H15BrN2O3. The molecule has 0 heterocycles. The summed E-state index contributed by atoms with van der Waals surface area (Å²) in [6, 6.07) is 7.33. The van der Waals surface area contributed by atoms with Crippen LogP contribution in [0.5, 0.6) is 0 Å². The zero-order valence-corrected chi connectivity index (χ0v) is 12.3. The fourth-order valence-corrected chi connectivity index (χ4v) is 1.54. The van der Waals surface area contributed by atoms with E-state index < -0.39 is 5.97 Å². The van der Waals surface area contributed by atoms with E-state index in [0.717, 1.165) is 5.56 Å². The molecular weight excluding hydrogens is 312 g/mol. The molecule has 5 nitrogen and oxygen atoms in total. The van der Waals surface area contributed by atoms with Crippen molar-refractivity contribution in [3.63, 3.8) is 0 Å². The van der Waals surface area contributed by atoms with Crippen LogP contribution in [-0.4, -0.2) is 23.0 Å². The van der Waals surface area contributed by atoms with Crippen LogP contribution in [0.3, 0.4) is 0 Å². The third-order valence-electron chi connectivity index (χ3n) is 2.14. The topological polar surface area (TPSA) is 71.2 Å². The van der Waals surface area contributed by atoms with Crippen molar-refractivity contribution in [3.05, 3.63) is 41.3 Å². The molecule has 0 bridgehead atoms. The number of carbonyl (C=O) groups is 1. The zero-order chi connectivity index (χ0) is 14.3. The number of benzene rings is 1. The Balaban J connectivity index is 2.99. The number of esters is 1. The maximum absolute atomic E-state index is 11.6. The molecule has 0 spiro atoms. The first-order chi connectivity index (χ1) is 9.08. The number of halogens is 1. The smallest absolute Gasteiger partial charge is 0.362 e. The highest BCUT2D eigenvalue weighted by Gasteiger charge is 2.15. The second-order valence-electron chi connectivity index (χ2n) is 3.69. The van der Waals surface area contributed by atoms with Crippen molar-refractivity contribution >= 4 is 27.6 Å². The van der Waals surface area contributed by atoms with E-state index in [4.69, 9.17) is 4.74 Å². The molecule has 0 radical (unpaired) electrons. The number of ether oxygens (including phenoxy) is 1. The monoisotopic (exact) mass is 326 g/mol. The summed E-state index contributed by atoms with van der Waals surface area (Å²) in [5.41, 5.74) is 1.44. The van der Waals surface area contributed by atoms with Crippen LogP contribution in [0.4, 0.5) is 5.69 Å². The molecule has 0 aromatic heterocycles. The Morgan fingerprint density at radius 2 is 2.21 bits per heavy atom. The highest BCUT2D eigenvalue weighted by Crippen LogP contribution is 2.17. The Hall–Kier alpha value is -1.69. The summed E-state index contributed by atoms with van der Waals surface area (Å²) >= 11 is 3.06. The van der Waals surface area contributed by atoms with E-state index in [1.807, 2.05) is 25.1 Å². The van der Waals surface area contributed by atoms with E-state index in [-0.39, 0.29) is 23.4 Å². The summed E-state index contributed by atoms with van der Waals surface area (Å²) < 4.78 is 4.81. The van der Waals surface area contributed by atoms with Crippen LogP contribution in [-0.2, 0) is 9.53 Å². The number of allylic oxidation sites excluding steroid dienone is 1. The maximum atomic E-state index is 11.6. The molecule has 0 aliphatic heterocycles. The number of alkyl halides is 1. The Labute approximate surface area is 120 Å². The van der Waals surface area contributed by atoms with Crippen LogP contribution in [0.2, 0.25) is 0 Å². The van der Waals surface area contributed by atoms with Crippen LogP contribution in [0.15, 0.2) is 46.0 Å². The number of aryl methyl sites for hydroxylation is 1. The molecule has 0 aliphatic carbocycles. The number of hydrogen-bond acceptors (Lipinski definition) is 5. The van der Waals surface area contributed by atoms with Gasteiger partial charge in [-0.1, -0.05) is 28.1 Å². The zero-order valence-electron chi connectivity index (χ0n) is 10.8. The lowest BCUT2D eigenvalue weighted by Crippen LogP contribution is -2.09. The van der Waals surface area contributed by atoms with E-state index in [0.29, 0.717) is 5.69 Å². The van der Waals surface area contributed by atoms with Crippen molar-refractivity contribution in [1.29, 1.82) is 0 Å². The molecule has 1 N–H and O–H groups in total. The Kier molecular flexibility index (Phi) is 6.21. The maximum Gasteiger partial charge on any atom is 0.362 e. The Morgan fingerprint density at radius 3 is 2.79 bits per heavy atom. The third-order valence-corrected chi connectivity index (χ3v) is 2.67. The number of nitrogens with zero attached hydrogens (tertiary/aromatic N) is 2. The molecule has 0 saturated carbocycles. The fraction of sp³-hybridized carbons (Fsp3) is 0.308. The molecule has 0 aliphatic rings. The SMILES string of the molecule is CCOC(=O)C(N=Nc1cccc(C)c1)=C(O)CBr. The van der Waals surface area contributed by atoms with Crippen molar-refractivity contribution in [1.82, 2.24) is 0 Å². The van der Waals surface area contributed by atoms with Gasteiger partial charge in [0, 0.05) is 0 Å². The average Bonchev–Trinajstić information content (AvgIpc) is 2.39. The average molecular weight is 327 g/mol. The summed E-state index contributed by atoms with van der Waals surface area (Å²) in [5.74, 6) is -0.911. The highest BCUT2D eigenvalue weighted by molar-refractivity contribution is 9.09. The Bertz CT molecular complexity index is 512. The lowest BCUT2D eigenvalue weighted by Gasteiger charge is -2.03. The fourth-order valence-electron chi connectivity index (χ4n) is 1.28. The molecule has 0 unspecified atom stereocenters. The van der Waals surface area contributed by atoms with Crippen molar-refractivity contribution in [3.8, 4) is 0 Å². The summed E-state index contributed by atoms with van der Waals surface area (Å²) in [6.45, 7) is 3.81. The van der Waals surface area contributed by atoms with Gasteiger partial charge >= 0.3 is 5.97 Å². The molecule has 19 heavy (non-hydrogen) atoms. The molecule has 102 valence electrons. The number of aliphatic hydroxyl groups is 1. The summed E-state index contributed by atoms with van der Waals surface area (Å²) in [7, 11) is 0. The normalized spacial score (nSPS) is 12.4. The van der Waals surface area contributed by atoms with Gasteiger partial charge in [-0.25, -0.2) is 4.79 Å². The van der Waals surface area contributed by atoms with Gasteiger partial charge in [-0.15, -0.1) is 5.11 Å². The number of hydrogen-bond donors (Lipinski definition) is 1. The van der Waals surface area contributed by atoms with Gasteiger partial charge < -0.3 is 9.84 Å². The van der Waals surface area contributed by atoms with E-state index in [1.165, 1.54) is 0 Å². The molecule has 0 amide bonds. The molecule has 0 saturated heterocycles.